The van der Waals surface area contributed by atoms with Crippen molar-refractivity contribution in [2.24, 2.45) is 0 Å². The summed E-state index contributed by atoms with van der Waals surface area (Å²) in [6.45, 7) is -0.226. The number of anilines is 1. The highest BCUT2D eigenvalue weighted by molar-refractivity contribution is 7.99. The summed E-state index contributed by atoms with van der Waals surface area (Å²) in [4.78, 5) is 25.8. The van der Waals surface area contributed by atoms with E-state index >= 15 is 0 Å². The molecule has 4 rings (SSSR count). The summed E-state index contributed by atoms with van der Waals surface area (Å²) in [6.07, 6.45) is 0. The number of halogens is 1. The fraction of sp³-hybridized carbons (Fsp3) is 0.0526. The summed E-state index contributed by atoms with van der Waals surface area (Å²) in [7, 11) is 0. The fourth-order valence-corrected chi connectivity index (χ4v) is 3.54. The van der Waals surface area contributed by atoms with Crippen molar-refractivity contribution in [1.29, 1.82) is 0 Å². The Morgan fingerprint density at radius 3 is 2.64 bits per heavy atom. The Balaban J connectivity index is 1.54. The van der Waals surface area contributed by atoms with Gasteiger partial charge < -0.3 is 5.32 Å². The molecule has 0 bridgehead atoms. The highest BCUT2D eigenvalue weighted by atomic mass is 35.5. The molecule has 9 heteroatoms. The molecule has 0 aliphatic heterocycles. The van der Waals surface area contributed by atoms with Crippen LogP contribution in [0.4, 0.5) is 5.69 Å². The van der Waals surface area contributed by atoms with Crippen LogP contribution in [0.1, 0.15) is 0 Å². The van der Waals surface area contributed by atoms with Crippen LogP contribution in [0.5, 0.6) is 0 Å². The van der Waals surface area contributed by atoms with Crippen molar-refractivity contribution in [1.82, 2.24) is 19.4 Å². The van der Waals surface area contributed by atoms with Gasteiger partial charge in [-0.1, -0.05) is 47.6 Å². The van der Waals surface area contributed by atoms with Crippen LogP contribution in [0, 0.1) is 0 Å². The van der Waals surface area contributed by atoms with Gasteiger partial charge in [-0.05, 0) is 42.5 Å². The van der Waals surface area contributed by atoms with Gasteiger partial charge in [0.1, 0.15) is 11.6 Å². The summed E-state index contributed by atoms with van der Waals surface area (Å²) >= 11 is 7.35. The molecule has 1 amide bonds. The third kappa shape index (κ3) is 4.08. The van der Waals surface area contributed by atoms with E-state index in [4.69, 9.17) is 11.6 Å². The standard InChI is InChI=1S/C19H14ClN5O2S/c20-13-5-4-6-14(11-13)21-17(26)12-24-19(27)25-16(22-24)9-10-18(23-25)28-15-7-2-1-3-8-15/h1-11H,12H2,(H,21,26). The predicted molar refractivity (Wildman–Crippen MR) is 108 cm³/mol. The number of aromatic nitrogens is 4. The largest absolute Gasteiger partial charge is 0.367 e. The average Bonchev–Trinajstić information content (AvgIpc) is 2.98. The maximum Gasteiger partial charge on any atom is 0.367 e. The fourth-order valence-electron chi connectivity index (χ4n) is 2.56. The summed E-state index contributed by atoms with van der Waals surface area (Å²) in [5.41, 5.74) is 0.443. The molecule has 2 aromatic heterocycles. The van der Waals surface area contributed by atoms with Gasteiger partial charge in [-0.15, -0.1) is 5.10 Å². The van der Waals surface area contributed by atoms with Crippen LogP contribution in [0.2, 0.25) is 5.02 Å². The monoisotopic (exact) mass is 411 g/mol. The topological polar surface area (TPSA) is 81.3 Å². The van der Waals surface area contributed by atoms with Crippen LogP contribution in [0.25, 0.3) is 5.65 Å². The molecule has 7 nitrogen and oxygen atoms in total. The van der Waals surface area contributed by atoms with Gasteiger partial charge in [0.05, 0.1) is 0 Å². The van der Waals surface area contributed by atoms with Crippen LogP contribution in [-0.4, -0.2) is 25.3 Å². The van der Waals surface area contributed by atoms with Crippen molar-refractivity contribution in [2.75, 3.05) is 5.32 Å². The Hall–Kier alpha value is -3.10. The van der Waals surface area contributed by atoms with E-state index in [2.05, 4.69) is 15.5 Å². The summed E-state index contributed by atoms with van der Waals surface area (Å²) in [5.74, 6) is -0.383. The number of carbonyl (C=O) groups excluding carboxylic acids is 1. The van der Waals surface area contributed by atoms with E-state index in [1.807, 2.05) is 30.3 Å². The highest BCUT2D eigenvalue weighted by Gasteiger charge is 2.13. The molecule has 0 aliphatic carbocycles. The summed E-state index contributed by atoms with van der Waals surface area (Å²) < 4.78 is 2.27. The second-order valence-electron chi connectivity index (χ2n) is 5.86. The first-order chi connectivity index (χ1) is 13.6. The van der Waals surface area contributed by atoms with Crippen molar-refractivity contribution in [3.05, 3.63) is 82.2 Å². The maximum atomic E-state index is 12.6. The molecule has 0 fully saturated rings. The quantitative estimate of drug-likeness (QED) is 0.544. The molecule has 2 heterocycles. The molecule has 4 aromatic rings. The molecule has 0 spiro atoms. The van der Waals surface area contributed by atoms with Crippen LogP contribution in [0.15, 0.2) is 81.4 Å². The minimum atomic E-state index is -0.480. The van der Waals surface area contributed by atoms with Gasteiger partial charge >= 0.3 is 5.69 Å². The van der Waals surface area contributed by atoms with Gasteiger partial charge in [-0.2, -0.15) is 9.61 Å². The molecule has 0 aliphatic rings. The van der Waals surface area contributed by atoms with Crippen molar-refractivity contribution in [3.8, 4) is 0 Å². The molecule has 2 aromatic carbocycles. The molecule has 0 unspecified atom stereocenters. The van der Waals surface area contributed by atoms with Crippen molar-refractivity contribution >= 4 is 40.6 Å². The number of nitrogens with one attached hydrogen (secondary N) is 1. The van der Waals surface area contributed by atoms with Gasteiger partial charge in [-0.25, -0.2) is 9.48 Å². The first-order valence-corrected chi connectivity index (χ1v) is 9.53. The van der Waals surface area contributed by atoms with Crippen molar-refractivity contribution in [2.45, 2.75) is 16.5 Å². The number of rotatable bonds is 5. The van der Waals surface area contributed by atoms with Gasteiger partial charge in [0.2, 0.25) is 5.91 Å². The lowest BCUT2D eigenvalue weighted by Gasteiger charge is -2.04. The normalized spacial score (nSPS) is 10.9. The zero-order valence-corrected chi connectivity index (χ0v) is 16.0. The van der Waals surface area contributed by atoms with Crippen molar-refractivity contribution < 1.29 is 4.79 Å². The predicted octanol–water partition coefficient (Wildman–Crippen LogP) is 3.33. The van der Waals surface area contributed by atoms with Crippen LogP contribution >= 0.6 is 23.4 Å². The third-order valence-corrected chi connectivity index (χ3v) is 4.95. The van der Waals surface area contributed by atoms with E-state index in [1.54, 1.807) is 36.4 Å². The van der Waals surface area contributed by atoms with Gasteiger partial charge in [0, 0.05) is 15.6 Å². The minimum absolute atomic E-state index is 0.226. The second-order valence-corrected chi connectivity index (χ2v) is 7.39. The summed E-state index contributed by atoms with van der Waals surface area (Å²) in [5, 5.41) is 12.4. The lowest BCUT2D eigenvalue weighted by molar-refractivity contribution is -0.117. The number of benzene rings is 2. The number of nitrogens with zero attached hydrogens (tertiary/aromatic N) is 4. The van der Waals surface area contributed by atoms with E-state index in [0.717, 1.165) is 9.58 Å². The van der Waals surface area contributed by atoms with Gasteiger partial charge in [-0.3, -0.25) is 4.79 Å². The van der Waals surface area contributed by atoms with E-state index < -0.39 is 5.69 Å². The number of amides is 1. The SMILES string of the molecule is O=C(Cn1nc2ccc(Sc3ccccc3)nn2c1=O)Nc1cccc(Cl)c1. The third-order valence-electron chi connectivity index (χ3n) is 3.78. The first-order valence-electron chi connectivity index (χ1n) is 8.34. The molecule has 1 N–H and O–H groups in total. The molecule has 0 radical (unpaired) electrons. The summed E-state index contributed by atoms with van der Waals surface area (Å²) in [6, 6.07) is 20.0. The molecule has 28 heavy (non-hydrogen) atoms. The zero-order chi connectivity index (χ0) is 19.5. The molecule has 0 atom stereocenters. The lowest BCUT2D eigenvalue weighted by Crippen LogP contribution is -2.28. The smallest absolute Gasteiger partial charge is 0.324 e. The number of carbonyl (C=O) groups is 1. The Kier molecular flexibility index (Phi) is 5.14. The van der Waals surface area contributed by atoms with E-state index in [1.165, 1.54) is 16.3 Å². The first kappa shape index (κ1) is 18.3. The zero-order valence-electron chi connectivity index (χ0n) is 14.4. The maximum absolute atomic E-state index is 12.6. The minimum Gasteiger partial charge on any atom is -0.324 e. The number of fused-ring (bicyclic) bond motifs is 1. The Labute approximate surface area is 168 Å². The second kappa shape index (κ2) is 7.87. The molecule has 140 valence electrons. The number of hydrogen-bond acceptors (Lipinski definition) is 5. The Morgan fingerprint density at radius 1 is 1.04 bits per heavy atom. The van der Waals surface area contributed by atoms with E-state index in [0.29, 0.717) is 21.4 Å². The van der Waals surface area contributed by atoms with Crippen molar-refractivity contribution in [3.63, 3.8) is 0 Å². The Bertz CT molecular complexity index is 1210. The Morgan fingerprint density at radius 2 is 1.86 bits per heavy atom. The highest BCUT2D eigenvalue weighted by Crippen LogP contribution is 2.25. The van der Waals surface area contributed by atoms with Gasteiger partial charge in [0.25, 0.3) is 0 Å². The molecular weight excluding hydrogens is 398 g/mol. The molecular formula is C19H14ClN5O2S. The van der Waals surface area contributed by atoms with Gasteiger partial charge in [0.15, 0.2) is 5.65 Å². The van der Waals surface area contributed by atoms with E-state index in [-0.39, 0.29) is 12.5 Å². The molecule has 0 saturated heterocycles. The average molecular weight is 412 g/mol. The lowest BCUT2D eigenvalue weighted by atomic mass is 10.3. The van der Waals surface area contributed by atoms with E-state index in [9.17, 15) is 9.59 Å². The number of hydrogen-bond donors (Lipinski definition) is 1. The van der Waals surface area contributed by atoms with Crippen LogP contribution in [-0.2, 0) is 11.3 Å². The van der Waals surface area contributed by atoms with Crippen LogP contribution < -0.4 is 11.0 Å². The molecule has 0 saturated carbocycles. The van der Waals surface area contributed by atoms with Crippen LogP contribution in [0.3, 0.4) is 0 Å².